The molecule has 2 unspecified atom stereocenters. The molecule has 1 aromatic rings. The minimum Gasteiger partial charge on any atom is -0.427 e. The molecule has 0 spiro atoms. The zero-order valence-electron chi connectivity index (χ0n) is 37.9. The summed E-state index contributed by atoms with van der Waals surface area (Å²) in [6.07, 6.45) is 44.4. The first-order chi connectivity index (χ1) is 27.7. The molecule has 0 radical (unpaired) electrons. The first kappa shape index (κ1) is 53.3. The van der Waals surface area contributed by atoms with E-state index in [2.05, 4.69) is 27.7 Å². The molecule has 0 N–H and O–H groups in total. The van der Waals surface area contributed by atoms with Crippen LogP contribution in [0.5, 0.6) is 5.75 Å². The average Bonchev–Trinajstić information content (AvgIpc) is 3.21. The van der Waals surface area contributed by atoms with Gasteiger partial charge in [0.1, 0.15) is 5.75 Å². The highest BCUT2D eigenvalue weighted by molar-refractivity contribution is 7.42. The molecule has 0 aliphatic rings. The fourth-order valence-electron chi connectivity index (χ4n) is 7.46. The van der Waals surface area contributed by atoms with E-state index in [0.29, 0.717) is 25.4 Å². The molecule has 2 atom stereocenters. The van der Waals surface area contributed by atoms with E-state index in [-0.39, 0.29) is 0 Å². The minimum atomic E-state index is -1.47. The number of rotatable bonds is 46. The standard InChI is InChI=1S/C50H95O5P/c1-5-9-13-17-19-21-23-27-34-44-51-48(38-30-25-15-11-7-3)42-36-46-53-56(55-50-40-32-29-33-41-50)54-47-37-43-49(39-31-26-16-12-8-4)52-45-35-28-24-22-20-18-14-10-6-2/h29,32-33,40-41,48-49H,5-28,30-31,34-39,42-47H2,1-4H3. The lowest BCUT2D eigenvalue weighted by Crippen LogP contribution is -2.15. The predicted molar refractivity (Wildman–Crippen MR) is 245 cm³/mol. The van der Waals surface area contributed by atoms with E-state index >= 15 is 0 Å². The molecule has 330 valence electrons. The fourth-order valence-corrected chi connectivity index (χ4v) is 8.49. The van der Waals surface area contributed by atoms with Gasteiger partial charge in [0.25, 0.3) is 0 Å². The van der Waals surface area contributed by atoms with Crippen LogP contribution in [0.2, 0.25) is 0 Å². The van der Waals surface area contributed by atoms with Gasteiger partial charge in [-0.05, 0) is 63.5 Å². The minimum absolute atomic E-state index is 0.325. The largest absolute Gasteiger partial charge is 0.427 e. The van der Waals surface area contributed by atoms with Crippen LogP contribution in [0.4, 0.5) is 0 Å². The van der Waals surface area contributed by atoms with Crippen molar-refractivity contribution in [1.29, 1.82) is 0 Å². The fraction of sp³-hybridized carbons (Fsp3) is 0.880. The Bertz CT molecular complexity index is 822. The Morgan fingerprint density at radius 1 is 0.357 bits per heavy atom. The molecule has 0 aliphatic heterocycles. The van der Waals surface area contributed by atoms with Crippen molar-refractivity contribution >= 4 is 8.60 Å². The number of hydrogen-bond donors (Lipinski definition) is 0. The van der Waals surface area contributed by atoms with Gasteiger partial charge in [-0.25, -0.2) is 0 Å². The molecule has 5 nitrogen and oxygen atoms in total. The molecule has 0 fully saturated rings. The molecule has 0 saturated heterocycles. The van der Waals surface area contributed by atoms with Crippen molar-refractivity contribution in [3.63, 3.8) is 0 Å². The van der Waals surface area contributed by atoms with Gasteiger partial charge in [0, 0.05) is 13.2 Å². The summed E-state index contributed by atoms with van der Waals surface area (Å²) in [5.41, 5.74) is 0. The summed E-state index contributed by atoms with van der Waals surface area (Å²) in [5.74, 6) is 0.808. The summed E-state index contributed by atoms with van der Waals surface area (Å²) in [5, 5.41) is 0. The van der Waals surface area contributed by atoms with Crippen molar-refractivity contribution in [1.82, 2.24) is 0 Å². The second kappa shape index (κ2) is 43.9. The Kier molecular flexibility index (Phi) is 41.7. The molecular formula is C50H95O5P. The average molecular weight is 807 g/mol. The zero-order valence-corrected chi connectivity index (χ0v) is 38.8. The maximum Gasteiger partial charge on any atom is 0.397 e. The quantitative estimate of drug-likeness (QED) is 0.0485. The smallest absolute Gasteiger partial charge is 0.397 e. The Hall–Kier alpha value is -0.710. The van der Waals surface area contributed by atoms with Crippen molar-refractivity contribution in [2.24, 2.45) is 0 Å². The van der Waals surface area contributed by atoms with E-state index in [1.807, 2.05) is 30.3 Å². The molecule has 0 saturated carbocycles. The molecule has 1 aromatic carbocycles. The topological polar surface area (TPSA) is 46.2 Å². The van der Waals surface area contributed by atoms with Crippen molar-refractivity contribution in [2.75, 3.05) is 26.4 Å². The van der Waals surface area contributed by atoms with E-state index in [4.69, 9.17) is 23.0 Å². The summed E-state index contributed by atoms with van der Waals surface area (Å²) in [6, 6.07) is 10.0. The Morgan fingerprint density at radius 2 is 0.679 bits per heavy atom. The number of benzene rings is 1. The lowest BCUT2D eigenvalue weighted by Gasteiger charge is -2.21. The Labute approximate surface area is 351 Å². The maximum absolute atomic E-state index is 6.50. The van der Waals surface area contributed by atoms with Gasteiger partial charge >= 0.3 is 8.60 Å². The van der Waals surface area contributed by atoms with Gasteiger partial charge < -0.3 is 23.0 Å². The highest BCUT2D eigenvalue weighted by Gasteiger charge is 2.17. The van der Waals surface area contributed by atoms with Crippen LogP contribution in [0.25, 0.3) is 0 Å². The summed E-state index contributed by atoms with van der Waals surface area (Å²) in [7, 11) is -1.47. The van der Waals surface area contributed by atoms with Crippen LogP contribution < -0.4 is 4.52 Å². The van der Waals surface area contributed by atoms with Crippen molar-refractivity contribution in [3.05, 3.63) is 30.3 Å². The van der Waals surface area contributed by atoms with Crippen LogP contribution >= 0.6 is 8.60 Å². The van der Waals surface area contributed by atoms with E-state index in [1.54, 1.807) is 0 Å². The SMILES string of the molecule is CCCCCCCCCCCOC(CCCCCCC)CCCOP(OCCCC(CCCCCCC)OCCCCCCCCCCC)Oc1ccccc1. The van der Waals surface area contributed by atoms with E-state index < -0.39 is 8.60 Å². The lowest BCUT2D eigenvalue weighted by atomic mass is 10.0. The van der Waals surface area contributed by atoms with Gasteiger partial charge in [-0.3, -0.25) is 0 Å². The van der Waals surface area contributed by atoms with Crippen molar-refractivity contribution in [3.8, 4) is 5.75 Å². The molecule has 0 amide bonds. The molecule has 0 heterocycles. The monoisotopic (exact) mass is 807 g/mol. The highest BCUT2D eigenvalue weighted by atomic mass is 31.2. The van der Waals surface area contributed by atoms with Gasteiger partial charge in [-0.15, -0.1) is 0 Å². The van der Waals surface area contributed by atoms with E-state index in [1.165, 1.54) is 180 Å². The lowest BCUT2D eigenvalue weighted by molar-refractivity contribution is 0.0317. The van der Waals surface area contributed by atoms with E-state index in [0.717, 1.165) is 57.5 Å². The van der Waals surface area contributed by atoms with Gasteiger partial charge in [0.05, 0.1) is 25.4 Å². The second-order valence-electron chi connectivity index (χ2n) is 16.6. The molecule has 0 bridgehead atoms. The number of ether oxygens (including phenoxy) is 2. The summed E-state index contributed by atoms with van der Waals surface area (Å²) < 4.78 is 32.0. The first-order valence-electron chi connectivity index (χ1n) is 24.8. The summed E-state index contributed by atoms with van der Waals surface area (Å²) in [6.45, 7) is 12.2. The third-order valence-corrected chi connectivity index (χ3v) is 12.3. The molecule has 6 heteroatoms. The number of unbranched alkanes of at least 4 members (excludes halogenated alkanes) is 24. The number of hydrogen-bond acceptors (Lipinski definition) is 5. The summed E-state index contributed by atoms with van der Waals surface area (Å²) in [4.78, 5) is 0. The van der Waals surface area contributed by atoms with Crippen LogP contribution in [0.3, 0.4) is 0 Å². The van der Waals surface area contributed by atoms with Crippen LogP contribution in [0.15, 0.2) is 30.3 Å². The van der Waals surface area contributed by atoms with Crippen LogP contribution in [0, 0.1) is 0 Å². The predicted octanol–water partition coefficient (Wildman–Crippen LogP) is 17.4. The second-order valence-corrected chi connectivity index (χ2v) is 17.8. The van der Waals surface area contributed by atoms with Crippen LogP contribution in [-0.4, -0.2) is 38.6 Å². The molecule has 0 aliphatic carbocycles. The highest BCUT2D eigenvalue weighted by Crippen LogP contribution is 2.41. The van der Waals surface area contributed by atoms with E-state index in [9.17, 15) is 0 Å². The third kappa shape index (κ3) is 36.4. The van der Waals surface area contributed by atoms with Gasteiger partial charge in [0.2, 0.25) is 0 Å². The number of para-hydroxylation sites is 1. The third-order valence-electron chi connectivity index (χ3n) is 11.1. The zero-order chi connectivity index (χ0) is 40.3. The van der Waals surface area contributed by atoms with Crippen molar-refractivity contribution in [2.45, 2.75) is 258 Å². The molecule has 0 aromatic heterocycles. The maximum atomic E-state index is 6.50. The van der Waals surface area contributed by atoms with Crippen molar-refractivity contribution < 1.29 is 23.0 Å². The van der Waals surface area contributed by atoms with Crippen LogP contribution in [-0.2, 0) is 18.5 Å². The molecule has 56 heavy (non-hydrogen) atoms. The van der Waals surface area contributed by atoms with Gasteiger partial charge in [-0.2, -0.15) is 0 Å². The summed E-state index contributed by atoms with van der Waals surface area (Å²) >= 11 is 0. The Balaban J connectivity index is 2.52. The van der Waals surface area contributed by atoms with Gasteiger partial charge in [-0.1, -0.05) is 213 Å². The molecule has 1 rings (SSSR count). The van der Waals surface area contributed by atoms with Gasteiger partial charge in [0.15, 0.2) is 0 Å². The Morgan fingerprint density at radius 3 is 1.05 bits per heavy atom. The molecular weight excluding hydrogens is 712 g/mol. The van der Waals surface area contributed by atoms with Crippen LogP contribution in [0.1, 0.15) is 246 Å². The first-order valence-corrected chi connectivity index (χ1v) is 25.8. The normalized spacial score (nSPS) is 13.3.